The molecule has 0 aromatic heterocycles. The summed E-state index contributed by atoms with van der Waals surface area (Å²) in [7, 11) is 0. The number of aromatic carboxylic acids is 1. The lowest BCUT2D eigenvalue weighted by molar-refractivity contribution is -0.385. The minimum absolute atomic E-state index is 0.0134. The number of nitrogens with zero attached hydrogens (tertiary/aromatic N) is 1. The second-order valence-corrected chi connectivity index (χ2v) is 4.68. The van der Waals surface area contributed by atoms with Gasteiger partial charge in [-0.2, -0.15) is 0 Å². The van der Waals surface area contributed by atoms with Crippen LogP contribution in [0.4, 0.5) is 5.69 Å². The molecule has 0 aliphatic heterocycles. The van der Waals surface area contributed by atoms with Gasteiger partial charge in [-0.05, 0) is 18.2 Å². The molecule has 108 valence electrons. The van der Waals surface area contributed by atoms with Crippen LogP contribution in [0.25, 0.3) is 0 Å². The highest BCUT2D eigenvalue weighted by Crippen LogP contribution is 2.39. The average molecular weight is 328 g/mol. The number of para-hydroxylation sites is 1. The molecule has 0 radical (unpaired) electrons. The highest BCUT2D eigenvalue weighted by atomic mass is 35.5. The second kappa shape index (κ2) is 5.99. The molecule has 0 fully saturated rings. The summed E-state index contributed by atoms with van der Waals surface area (Å²) in [5.74, 6) is -1.69. The fourth-order valence-electron chi connectivity index (χ4n) is 1.65. The molecule has 2 rings (SSSR count). The number of carboxylic acid groups (broad SMARTS) is 1. The van der Waals surface area contributed by atoms with Gasteiger partial charge in [-0.15, -0.1) is 0 Å². The zero-order valence-corrected chi connectivity index (χ0v) is 11.8. The third-order valence-electron chi connectivity index (χ3n) is 2.54. The lowest BCUT2D eigenvalue weighted by Gasteiger charge is -2.11. The summed E-state index contributed by atoms with van der Waals surface area (Å²) in [5, 5.41) is 20.1. The van der Waals surface area contributed by atoms with E-state index in [0.717, 1.165) is 0 Å². The molecule has 0 heterocycles. The van der Waals surface area contributed by atoms with E-state index in [9.17, 15) is 14.9 Å². The van der Waals surface area contributed by atoms with Crippen LogP contribution in [0.2, 0.25) is 10.0 Å². The molecular weight excluding hydrogens is 321 g/mol. The van der Waals surface area contributed by atoms with Crippen LogP contribution in [0.5, 0.6) is 11.5 Å². The van der Waals surface area contributed by atoms with Crippen molar-refractivity contribution in [2.24, 2.45) is 0 Å². The Kier molecular flexibility index (Phi) is 4.30. The minimum Gasteiger partial charge on any atom is -0.478 e. The molecule has 0 amide bonds. The fourth-order valence-corrected chi connectivity index (χ4v) is 2.10. The number of halogens is 2. The molecular formula is C13H7Cl2NO5. The molecule has 0 bridgehead atoms. The maximum atomic E-state index is 11.2. The Hall–Kier alpha value is -2.31. The van der Waals surface area contributed by atoms with E-state index in [2.05, 4.69) is 0 Å². The number of nitro benzene ring substituents is 1. The van der Waals surface area contributed by atoms with Gasteiger partial charge in [0, 0.05) is 6.07 Å². The average Bonchev–Trinajstić information content (AvgIpc) is 2.40. The number of hydrogen-bond acceptors (Lipinski definition) is 4. The molecule has 2 aromatic rings. The molecule has 2 aromatic carbocycles. The summed E-state index contributed by atoms with van der Waals surface area (Å²) in [5.41, 5.74) is -0.674. The Bertz CT molecular complexity index is 732. The lowest BCUT2D eigenvalue weighted by atomic mass is 10.2. The molecule has 0 spiro atoms. The van der Waals surface area contributed by atoms with Crippen molar-refractivity contribution in [1.29, 1.82) is 0 Å². The number of rotatable bonds is 4. The molecule has 0 aliphatic carbocycles. The molecule has 0 saturated heterocycles. The molecule has 0 atom stereocenters. The molecule has 1 N–H and O–H groups in total. The smallest absolute Gasteiger partial charge is 0.341 e. The number of benzene rings is 2. The zero-order chi connectivity index (χ0) is 15.6. The molecule has 8 heteroatoms. The van der Waals surface area contributed by atoms with E-state index in [1.54, 1.807) is 0 Å². The first-order chi connectivity index (χ1) is 9.91. The van der Waals surface area contributed by atoms with Gasteiger partial charge in [-0.25, -0.2) is 4.79 Å². The second-order valence-electron chi connectivity index (χ2n) is 3.87. The van der Waals surface area contributed by atoms with Gasteiger partial charge >= 0.3 is 11.7 Å². The number of carboxylic acids is 1. The van der Waals surface area contributed by atoms with Gasteiger partial charge in [-0.1, -0.05) is 35.3 Å². The van der Waals surface area contributed by atoms with Gasteiger partial charge in [0.2, 0.25) is 5.75 Å². The third kappa shape index (κ3) is 3.07. The first-order valence-corrected chi connectivity index (χ1v) is 6.30. The third-order valence-corrected chi connectivity index (χ3v) is 3.16. The van der Waals surface area contributed by atoms with Crippen LogP contribution in [0.15, 0.2) is 36.4 Å². The number of ether oxygens (including phenoxy) is 1. The van der Waals surface area contributed by atoms with Crippen LogP contribution in [0, 0.1) is 10.1 Å². The highest BCUT2D eigenvalue weighted by Gasteiger charge is 2.22. The summed E-state index contributed by atoms with van der Waals surface area (Å²) >= 11 is 11.7. The maximum absolute atomic E-state index is 11.2. The number of hydrogen-bond donors (Lipinski definition) is 1. The lowest BCUT2D eigenvalue weighted by Crippen LogP contribution is -2.02. The van der Waals surface area contributed by atoms with Crippen LogP contribution in [-0.2, 0) is 0 Å². The van der Waals surface area contributed by atoms with Crippen molar-refractivity contribution in [3.8, 4) is 11.5 Å². The van der Waals surface area contributed by atoms with Crippen LogP contribution >= 0.6 is 23.2 Å². The van der Waals surface area contributed by atoms with E-state index in [4.69, 9.17) is 33.0 Å². The van der Waals surface area contributed by atoms with Gasteiger partial charge in [0.15, 0.2) is 0 Å². The highest BCUT2D eigenvalue weighted by molar-refractivity contribution is 6.34. The van der Waals surface area contributed by atoms with E-state index < -0.39 is 10.9 Å². The SMILES string of the molecule is O=C(O)c1c(Cl)cccc1Oc1c(Cl)cccc1[N+](=O)[O-]. The molecule has 21 heavy (non-hydrogen) atoms. The van der Waals surface area contributed by atoms with Crippen molar-refractivity contribution in [1.82, 2.24) is 0 Å². The van der Waals surface area contributed by atoms with Crippen LogP contribution < -0.4 is 4.74 Å². The van der Waals surface area contributed by atoms with E-state index in [1.165, 1.54) is 36.4 Å². The predicted octanol–water partition coefficient (Wildman–Crippen LogP) is 4.39. The summed E-state index contributed by atoms with van der Waals surface area (Å²) in [6, 6.07) is 8.17. The molecule has 0 aliphatic rings. The Labute approximate surface area is 128 Å². The summed E-state index contributed by atoms with van der Waals surface area (Å²) in [6.45, 7) is 0. The predicted molar refractivity (Wildman–Crippen MR) is 76.6 cm³/mol. The Morgan fingerprint density at radius 2 is 1.76 bits per heavy atom. The standard InChI is InChI=1S/C13H7Cl2NO5/c14-7-3-2-6-10(11(7)13(17)18)21-12-8(15)4-1-5-9(12)16(19)20/h1-6H,(H,17,18). The monoisotopic (exact) mass is 327 g/mol. The zero-order valence-electron chi connectivity index (χ0n) is 10.2. The summed E-state index contributed by atoms with van der Waals surface area (Å²) in [6.07, 6.45) is 0. The molecule has 6 nitrogen and oxygen atoms in total. The van der Waals surface area contributed by atoms with E-state index in [1.807, 2.05) is 0 Å². The summed E-state index contributed by atoms with van der Waals surface area (Å²) < 4.78 is 5.34. The topological polar surface area (TPSA) is 89.7 Å². The van der Waals surface area contributed by atoms with Crippen molar-refractivity contribution in [2.75, 3.05) is 0 Å². The van der Waals surface area contributed by atoms with Gasteiger partial charge in [0.1, 0.15) is 11.3 Å². The minimum atomic E-state index is -1.31. The maximum Gasteiger partial charge on any atom is 0.341 e. The van der Waals surface area contributed by atoms with Crippen molar-refractivity contribution in [2.45, 2.75) is 0 Å². The molecule has 0 unspecified atom stereocenters. The number of carbonyl (C=O) groups is 1. The normalized spacial score (nSPS) is 10.2. The van der Waals surface area contributed by atoms with Crippen molar-refractivity contribution in [3.63, 3.8) is 0 Å². The van der Waals surface area contributed by atoms with Crippen molar-refractivity contribution < 1.29 is 19.6 Å². The first-order valence-electron chi connectivity index (χ1n) is 5.54. The van der Waals surface area contributed by atoms with Crippen molar-refractivity contribution in [3.05, 3.63) is 62.1 Å². The van der Waals surface area contributed by atoms with Gasteiger partial charge in [0.25, 0.3) is 0 Å². The van der Waals surface area contributed by atoms with E-state index >= 15 is 0 Å². The van der Waals surface area contributed by atoms with Crippen LogP contribution in [0.3, 0.4) is 0 Å². The van der Waals surface area contributed by atoms with E-state index in [0.29, 0.717) is 0 Å². The van der Waals surface area contributed by atoms with E-state index in [-0.39, 0.29) is 32.8 Å². The number of nitro groups is 1. The Balaban J connectivity index is 2.56. The molecule has 0 saturated carbocycles. The van der Waals surface area contributed by atoms with Crippen LogP contribution in [-0.4, -0.2) is 16.0 Å². The van der Waals surface area contributed by atoms with Gasteiger partial charge in [0.05, 0.1) is 15.0 Å². The largest absolute Gasteiger partial charge is 0.478 e. The van der Waals surface area contributed by atoms with Crippen LogP contribution in [0.1, 0.15) is 10.4 Å². The van der Waals surface area contributed by atoms with Gasteiger partial charge in [-0.3, -0.25) is 10.1 Å². The first kappa shape index (κ1) is 15.1. The Morgan fingerprint density at radius 1 is 1.14 bits per heavy atom. The quantitative estimate of drug-likeness (QED) is 0.664. The fraction of sp³-hybridized carbons (Fsp3) is 0. The summed E-state index contributed by atoms with van der Waals surface area (Å²) in [4.78, 5) is 21.5. The Morgan fingerprint density at radius 3 is 2.38 bits per heavy atom. The van der Waals surface area contributed by atoms with Crippen molar-refractivity contribution >= 4 is 34.9 Å². The van der Waals surface area contributed by atoms with Gasteiger partial charge < -0.3 is 9.84 Å².